The smallest absolute Gasteiger partial charge is 0.0397 e. The Morgan fingerprint density at radius 3 is 2.67 bits per heavy atom. The Morgan fingerprint density at radius 1 is 1.42 bits per heavy atom. The first-order valence-electron chi connectivity index (χ1n) is 4.11. The first-order chi connectivity index (χ1) is 5.75. The fraction of sp³-hybridized carbons (Fsp3) is 0.300. The van der Waals surface area contributed by atoms with E-state index in [0.29, 0.717) is 5.71 Å². The Hall–Kier alpha value is -0.760. The summed E-state index contributed by atoms with van der Waals surface area (Å²) in [7, 11) is 0. The largest absolute Gasteiger partial charge is 0.305 e. The van der Waals surface area contributed by atoms with Crippen molar-refractivity contribution in [2.24, 2.45) is 0 Å². The monoisotopic (exact) mass is 179 g/mol. The van der Waals surface area contributed by atoms with Crippen molar-refractivity contribution in [1.82, 2.24) is 0 Å². The topological polar surface area (TPSA) is 23.9 Å². The molecule has 0 aliphatic heterocycles. The van der Waals surface area contributed by atoms with Gasteiger partial charge in [0.15, 0.2) is 0 Å². The van der Waals surface area contributed by atoms with Gasteiger partial charge < -0.3 is 5.41 Å². The minimum atomic E-state index is 0.683. The second-order valence-electron chi connectivity index (χ2n) is 2.75. The molecular formula is C10H13NS. The molecule has 0 radical (unpaired) electrons. The molecule has 0 fully saturated rings. The standard InChI is InChI=1S/C10H13NS/c1-2-5-9(11)8-6-3-4-7-10(8)12/h3-4,6-7,11-12H,2,5H2,1H3. The van der Waals surface area contributed by atoms with E-state index in [1.54, 1.807) is 0 Å². The zero-order valence-electron chi connectivity index (χ0n) is 7.17. The van der Waals surface area contributed by atoms with Crippen molar-refractivity contribution in [2.75, 3.05) is 0 Å². The van der Waals surface area contributed by atoms with Crippen molar-refractivity contribution in [3.63, 3.8) is 0 Å². The van der Waals surface area contributed by atoms with Crippen LogP contribution in [0.5, 0.6) is 0 Å². The molecular weight excluding hydrogens is 166 g/mol. The summed E-state index contributed by atoms with van der Waals surface area (Å²) >= 11 is 4.29. The molecule has 1 aromatic rings. The van der Waals surface area contributed by atoms with E-state index in [4.69, 9.17) is 5.41 Å². The maximum atomic E-state index is 7.72. The molecule has 1 rings (SSSR count). The van der Waals surface area contributed by atoms with E-state index in [9.17, 15) is 0 Å². The van der Waals surface area contributed by atoms with E-state index in [0.717, 1.165) is 23.3 Å². The molecule has 1 aromatic carbocycles. The van der Waals surface area contributed by atoms with E-state index in [-0.39, 0.29) is 0 Å². The molecule has 1 N–H and O–H groups in total. The number of nitrogens with one attached hydrogen (secondary N) is 1. The lowest BCUT2D eigenvalue weighted by atomic mass is 10.1. The summed E-state index contributed by atoms with van der Waals surface area (Å²) in [6.07, 6.45) is 1.85. The lowest BCUT2D eigenvalue weighted by Crippen LogP contribution is -1.98. The zero-order chi connectivity index (χ0) is 8.97. The van der Waals surface area contributed by atoms with Crippen LogP contribution >= 0.6 is 12.6 Å². The highest BCUT2D eigenvalue weighted by molar-refractivity contribution is 7.80. The van der Waals surface area contributed by atoms with Crippen LogP contribution in [0.25, 0.3) is 0 Å². The molecule has 0 saturated heterocycles. The van der Waals surface area contributed by atoms with Crippen LogP contribution in [0.15, 0.2) is 29.2 Å². The van der Waals surface area contributed by atoms with Crippen molar-refractivity contribution in [1.29, 1.82) is 5.41 Å². The molecule has 64 valence electrons. The third-order valence-electron chi connectivity index (χ3n) is 1.73. The van der Waals surface area contributed by atoms with Gasteiger partial charge in [-0.3, -0.25) is 0 Å². The van der Waals surface area contributed by atoms with Gasteiger partial charge in [-0.1, -0.05) is 31.5 Å². The molecule has 0 atom stereocenters. The van der Waals surface area contributed by atoms with Crippen molar-refractivity contribution < 1.29 is 0 Å². The average molecular weight is 179 g/mol. The molecule has 0 aliphatic carbocycles. The van der Waals surface area contributed by atoms with Crippen LogP contribution in [0.1, 0.15) is 25.3 Å². The summed E-state index contributed by atoms with van der Waals surface area (Å²) in [6, 6.07) is 7.74. The Morgan fingerprint density at radius 2 is 2.08 bits per heavy atom. The number of thiol groups is 1. The predicted molar refractivity (Wildman–Crippen MR) is 55.4 cm³/mol. The van der Waals surface area contributed by atoms with E-state index >= 15 is 0 Å². The number of rotatable bonds is 3. The summed E-state index contributed by atoms with van der Waals surface area (Å²) in [5.41, 5.74) is 1.64. The SMILES string of the molecule is CCCC(=N)c1ccccc1S. The van der Waals surface area contributed by atoms with Gasteiger partial charge in [0.05, 0.1) is 0 Å². The number of benzene rings is 1. The Kier molecular flexibility index (Phi) is 3.35. The average Bonchev–Trinajstić information content (AvgIpc) is 2.05. The van der Waals surface area contributed by atoms with Gasteiger partial charge in [-0.2, -0.15) is 0 Å². The van der Waals surface area contributed by atoms with Crippen LogP contribution < -0.4 is 0 Å². The van der Waals surface area contributed by atoms with Gasteiger partial charge in [-0.25, -0.2) is 0 Å². The highest BCUT2D eigenvalue weighted by Gasteiger charge is 2.02. The van der Waals surface area contributed by atoms with Gasteiger partial charge in [0.1, 0.15) is 0 Å². The van der Waals surface area contributed by atoms with Gasteiger partial charge in [0, 0.05) is 16.2 Å². The Bertz CT molecular complexity index is 281. The normalized spacial score (nSPS) is 9.83. The van der Waals surface area contributed by atoms with Crippen LogP contribution in [0, 0.1) is 5.41 Å². The first kappa shape index (κ1) is 9.33. The second-order valence-corrected chi connectivity index (χ2v) is 3.23. The third-order valence-corrected chi connectivity index (χ3v) is 2.12. The number of hydrogen-bond donors (Lipinski definition) is 2. The van der Waals surface area contributed by atoms with Gasteiger partial charge in [-0.15, -0.1) is 12.6 Å². The van der Waals surface area contributed by atoms with E-state index < -0.39 is 0 Å². The molecule has 0 spiro atoms. The molecule has 0 aliphatic rings. The Balaban J connectivity index is 2.87. The number of hydrogen-bond acceptors (Lipinski definition) is 2. The summed E-state index contributed by atoms with van der Waals surface area (Å²) in [5, 5.41) is 7.72. The minimum absolute atomic E-state index is 0.683. The van der Waals surface area contributed by atoms with Crippen molar-refractivity contribution >= 4 is 18.3 Å². The van der Waals surface area contributed by atoms with E-state index in [2.05, 4.69) is 19.6 Å². The van der Waals surface area contributed by atoms with Crippen molar-refractivity contribution in [3.8, 4) is 0 Å². The molecule has 0 bridgehead atoms. The molecule has 0 aromatic heterocycles. The molecule has 12 heavy (non-hydrogen) atoms. The first-order valence-corrected chi connectivity index (χ1v) is 4.56. The lowest BCUT2D eigenvalue weighted by molar-refractivity contribution is 0.983. The predicted octanol–water partition coefficient (Wildman–Crippen LogP) is 3.14. The summed E-state index contributed by atoms with van der Waals surface area (Å²) in [4.78, 5) is 0.899. The van der Waals surface area contributed by atoms with Crippen molar-refractivity contribution in [3.05, 3.63) is 29.8 Å². The van der Waals surface area contributed by atoms with Gasteiger partial charge in [0.25, 0.3) is 0 Å². The fourth-order valence-electron chi connectivity index (χ4n) is 1.11. The molecule has 0 amide bonds. The lowest BCUT2D eigenvalue weighted by Gasteiger charge is -2.04. The molecule has 0 heterocycles. The van der Waals surface area contributed by atoms with E-state index in [1.165, 1.54) is 0 Å². The van der Waals surface area contributed by atoms with Crippen LogP contribution in [0.4, 0.5) is 0 Å². The Labute approximate surface area is 78.7 Å². The summed E-state index contributed by atoms with van der Waals surface area (Å²) in [5.74, 6) is 0. The van der Waals surface area contributed by atoms with Crippen LogP contribution in [0.2, 0.25) is 0 Å². The van der Waals surface area contributed by atoms with Crippen LogP contribution in [-0.2, 0) is 0 Å². The third kappa shape index (κ3) is 2.11. The van der Waals surface area contributed by atoms with Crippen LogP contribution in [0.3, 0.4) is 0 Å². The zero-order valence-corrected chi connectivity index (χ0v) is 8.07. The fourth-order valence-corrected chi connectivity index (χ4v) is 1.41. The highest BCUT2D eigenvalue weighted by atomic mass is 32.1. The molecule has 0 unspecified atom stereocenters. The maximum Gasteiger partial charge on any atom is 0.0397 e. The second kappa shape index (κ2) is 4.31. The maximum absolute atomic E-state index is 7.72. The van der Waals surface area contributed by atoms with Crippen LogP contribution in [-0.4, -0.2) is 5.71 Å². The summed E-state index contributed by atoms with van der Waals surface area (Å²) < 4.78 is 0. The van der Waals surface area contributed by atoms with E-state index in [1.807, 2.05) is 24.3 Å². The van der Waals surface area contributed by atoms with Gasteiger partial charge >= 0.3 is 0 Å². The minimum Gasteiger partial charge on any atom is -0.305 e. The molecule has 1 nitrogen and oxygen atoms in total. The van der Waals surface area contributed by atoms with Gasteiger partial charge in [-0.05, 0) is 12.5 Å². The highest BCUT2D eigenvalue weighted by Crippen LogP contribution is 2.15. The molecule has 2 heteroatoms. The van der Waals surface area contributed by atoms with Gasteiger partial charge in [0.2, 0.25) is 0 Å². The molecule has 0 saturated carbocycles. The summed E-state index contributed by atoms with van der Waals surface area (Å²) in [6.45, 7) is 2.08. The van der Waals surface area contributed by atoms with Crippen molar-refractivity contribution in [2.45, 2.75) is 24.7 Å². The quantitative estimate of drug-likeness (QED) is 0.526.